The van der Waals surface area contributed by atoms with Crippen LogP contribution < -0.4 is 0 Å². The maximum atomic E-state index is 12.9. The molecule has 0 aromatic heterocycles. The summed E-state index contributed by atoms with van der Waals surface area (Å²) in [5.41, 5.74) is 0. The van der Waals surface area contributed by atoms with Crippen LogP contribution in [-0.2, 0) is 28.6 Å². The molecule has 0 aliphatic rings. The monoisotopic (exact) mass is 1100 g/mol. The van der Waals surface area contributed by atoms with Crippen LogP contribution >= 0.6 is 0 Å². The van der Waals surface area contributed by atoms with Crippen molar-refractivity contribution in [2.24, 2.45) is 0 Å². The van der Waals surface area contributed by atoms with E-state index in [-0.39, 0.29) is 31.1 Å². The molecule has 0 saturated heterocycles. The maximum Gasteiger partial charge on any atom is 0.306 e. The first-order valence-corrected chi connectivity index (χ1v) is 33.7. The third kappa shape index (κ3) is 65.0. The highest BCUT2D eigenvalue weighted by Crippen LogP contribution is 2.16. The molecule has 1 atom stereocenters. The van der Waals surface area contributed by atoms with Gasteiger partial charge in [-0.1, -0.05) is 285 Å². The molecule has 0 amide bonds. The zero-order valence-electron chi connectivity index (χ0n) is 52.1. The summed E-state index contributed by atoms with van der Waals surface area (Å²) >= 11 is 0. The molecule has 79 heavy (non-hydrogen) atoms. The molecule has 0 saturated carbocycles. The molecule has 0 bridgehead atoms. The van der Waals surface area contributed by atoms with Gasteiger partial charge in [0.15, 0.2) is 6.10 Å². The van der Waals surface area contributed by atoms with Crippen molar-refractivity contribution in [3.63, 3.8) is 0 Å². The van der Waals surface area contributed by atoms with Crippen molar-refractivity contribution in [3.8, 4) is 0 Å². The second kappa shape index (κ2) is 66.8. The van der Waals surface area contributed by atoms with Crippen molar-refractivity contribution in [3.05, 3.63) is 97.2 Å². The van der Waals surface area contributed by atoms with E-state index in [9.17, 15) is 14.4 Å². The highest BCUT2D eigenvalue weighted by atomic mass is 16.6. The largest absolute Gasteiger partial charge is 0.462 e. The lowest BCUT2D eigenvalue weighted by Gasteiger charge is -2.18. The molecule has 0 heterocycles. The Morgan fingerprint density at radius 1 is 0.266 bits per heavy atom. The maximum absolute atomic E-state index is 12.9. The highest BCUT2D eigenvalue weighted by molar-refractivity contribution is 5.71. The minimum atomic E-state index is -0.794. The van der Waals surface area contributed by atoms with E-state index in [4.69, 9.17) is 14.2 Å². The van der Waals surface area contributed by atoms with Gasteiger partial charge in [-0.2, -0.15) is 0 Å². The van der Waals surface area contributed by atoms with Crippen molar-refractivity contribution >= 4 is 17.9 Å². The first-order valence-electron chi connectivity index (χ1n) is 33.7. The Kier molecular flexibility index (Phi) is 63.7. The fraction of sp³-hybridized carbons (Fsp3) is 0.740. The minimum absolute atomic E-state index is 0.0875. The van der Waals surface area contributed by atoms with Crippen molar-refractivity contribution in [2.45, 2.75) is 335 Å². The predicted octanol–water partition coefficient (Wildman–Crippen LogP) is 23.2. The molecule has 0 fully saturated rings. The summed E-state index contributed by atoms with van der Waals surface area (Å²) in [4.78, 5) is 38.4. The van der Waals surface area contributed by atoms with Crippen LogP contribution in [-0.4, -0.2) is 37.2 Å². The number of esters is 3. The average Bonchev–Trinajstić information content (AvgIpc) is 3.45. The van der Waals surface area contributed by atoms with E-state index in [0.29, 0.717) is 19.3 Å². The first-order chi connectivity index (χ1) is 39.0. The molecular formula is C73H126O6. The van der Waals surface area contributed by atoms with E-state index in [1.54, 1.807) is 0 Å². The minimum Gasteiger partial charge on any atom is -0.462 e. The molecule has 0 N–H and O–H groups in total. The van der Waals surface area contributed by atoms with Crippen molar-refractivity contribution in [1.82, 2.24) is 0 Å². The summed E-state index contributed by atoms with van der Waals surface area (Å²) in [7, 11) is 0. The summed E-state index contributed by atoms with van der Waals surface area (Å²) in [6, 6.07) is 0. The smallest absolute Gasteiger partial charge is 0.306 e. The number of hydrogen-bond acceptors (Lipinski definition) is 6. The van der Waals surface area contributed by atoms with Gasteiger partial charge in [0, 0.05) is 19.3 Å². The number of carbonyl (C=O) groups excluding carboxylic acids is 3. The number of hydrogen-bond donors (Lipinski definition) is 0. The van der Waals surface area contributed by atoms with Crippen molar-refractivity contribution in [2.75, 3.05) is 13.2 Å². The van der Waals surface area contributed by atoms with Gasteiger partial charge in [0.05, 0.1) is 0 Å². The van der Waals surface area contributed by atoms with Gasteiger partial charge in [-0.3, -0.25) is 14.4 Å². The summed E-state index contributed by atoms with van der Waals surface area (Å²) in [6.45, 7) is 6.52. The fourth-order valence-corrected chi connectivity index (χ4v) is 9.50. The van der Waals surface area contributed by atoms with Crippen LogP contribution in [0.4, 0.5) is 0 Å². The van der Waals surface area contributed by atoms with E-state index in [0.717, 1.165) is 122 Å². The number of carbonyl (C=O) groups is 3. The number of allylic oxidation sites excluding steroid dienone is 16. The SMILES string of the molecule is CC/C=C\C/C=C\C/C=C\C/C=C\C/C=C\CCCCCCCC(=O)OC(COC(=O)CCCCCCC/C=C\CCCCCCCC)COC(=O)CCCCCCCCCCCCCCC/C=C\C/C=C\CCCCCCC. The van der Waals surface area contributed by atoms with Gasteiger partial charge < -0.3 is 14.2 Å². The van der Waals surface area contributed by atoms with Gasteiger partial charge in [0.1, 0.15) is 13.2 Å². The van der Waals surface area contributed by atoms with Crippen molar-refractivity contribution in [1.29, 1.82) is 0 Å². The van der Waals surface area contributed by atoms with E-state index in [1.165, 1.54) is 167 Å². The number of ether oxygens (including phenoxy) is 3. The lowest BCUT2D eigenvalue weighted by Crippen LogP contribution is -2.30. The molecule has 0 aliphatic heterocycles. The van der Waals surface area contributed by atoms with Crippen LogP contribution in [0, 0.1) is 0 Å². The van der Waals surface area contributed by atoms with Gasteiger partial charge in [0.2, 0.25) is 0 Å². The Labute approximate surface area is 489 Å². The van der Waals surface area contributed by atoms with Crippen LogP contribution in [0.3, 0.4) is 0 Å². The molecule has 454 valence electrons. The Balaban J connectivity index is 4.37. The lowest BCUT2D eigenvalue weighted by molar-refractivity contribution is -0.167. The fourth-order valence-electron chi connectivity index (χ4n) is 9.50. The predicted molar refractivity (Wildman–Crippen MR) is 344 cm³/mol. The summed E-state index contributed by atoms with van der Waals surface area (Å²) in [5, 5.41) is 0. The van der Waals surface area contributed by atoms with Gasteiger partial charge in [-0.05, 0) is 122 Å². The summed E-state index contributed by atoms with van der Waals surface area (Å²) < 4.78 is 16.9. The van der Waals surface area contributed by atoms with Crippen LogP contribution in [0.1, 0.15) is 329 Å². The lowest BCUT2D eigenvalue weighted by atomic mass is 10.0. The first kappa shape index (κ1) is 75.3. The molecule has 0 aliphatic carbocycles. The van der Waals surface area contributed by atoms with Crippen LogP contribution in [0.2, 0.25) is 0 Å². The molecule has 0 aromatic rings. The van der Waals surface area contributed by atoms with Crippen LogP contribution in [0.5, 0.6) is 0 Å². The van der Waals surface area contributed by atoms with Gasteiger partial charge in [0.25, 0.3) is 0 Å². The number of unbranched alkanes of at least 4 members (excludes halogenated alkanes) is 34. The topological polar surface area (TPSA) is 78.9 Å². The highest BCUT2D eigenvalue weighted by Gasteiger charge is 2.19. The van der Waals surface area contributed by atoms with E-state index in [2.05, 4.69) is 118 Å². The molecule has 6 heteroatoms. The van der Waals surface area contributed by atoms with Crippen LogP contribution in [0.15, 0.2) is 97.2 Å². The van der Waals surface area contributed by atoms with Crippen molar-refractivity contribution < 1.29 is 28.6 Å². The Morgan fingerprint density at radius 2 is 0.494 bits per heavy atom. The van der Waals surface area contributed by atoms with Gasteiger partial charge >= 0.3 is 17.9 Å². The van der Waals surface area contributed by atoms with E-state index >= 15 is 0 Å². The average molecular weight is 1100 g/mol. The molecular weight excluding hydrogens is 973 g/mol. The third-order valence-electron chi connectivity index (χ3n) is 14.5. The molecule has 0 rings (SSSR count). The number of rotatable bonds is 61. The summed E-state index contributed by atoms with van der Waals surface area (Å²) in [5.74, 6) is -0.903. The third-order valence-corrected chi connectivity index (χ3v) is 14.5. The van der Waals surface area contributed by atoms with Crippen LogP contribution in [0.25, 0.3) is 0 Å². The second-order valence-electron chi connectivity index (χ2n) is 22.3. The van der Waals surface area contributed by atoms with Gasteiger partial charge in [-0.15, -0.1) is 0 Å². The zero-order valence-corrected chi connectivity index (χ0v) is 52.1. The standard InChI is InChI=1S/C73H126O6/c1-4-7-10-13-16-19-22-25-28-30-32-34-35-36-37-39-40-42-45-48-51-54-57-60-63-66-72(75)78-69-70(68-77-71(74)65-62-59-56-53-50-47-44-27-24-21-18-15-12-9-6-3)79-73(76)67-64-61-58-55-52-49-46-43-41-38-33-31-29-26-23-20-17-14-11-8-5-2/h8,11,17,20,22,25-27,29-30,32-33,38,43-44,46,70H,4-7,9-10,12-16,18-19,21,23-24,28,31,34-37,39-42,45,47-69H2,1-3H3/b11-8-,20-17-,25-22-,29-26-,32-30-,38-33-,44-27-,46-43-. The van der Waals surface area contributed by atoms with E-state index < -0.39 is 6.10 Å². The normalized spacial score (nSPS) is 12.7. The Bertz CT molecular complexity index is 1540. The summed E-state index contributed by atoms with van der Waals surface area (Å²) in [6.07, 6.45) is 89.9. The molecule has 0 spiro atoms. The quantitative estimate of drug-likeness (QED) is 0.0261. The second-order valence-corrected chi connectivity index (χ2v) is 22.3. The van der Waals surface area contributed by atoms with Gasteiger partial charge in [-0.25, -0.2) is 0 Å². The Hall–Kier alpha value is -3.67. The Morgan fingerprint density at radius 3 is 0.785 bits per heavy atom. The molecule has 0 aromatic carbocycles. The van der Waals surface area contributed by atoms with E-state index in [1.807, 2.05) is 0 Å². The zero-order chi connectivity index (χ0) is 57.1. The molecule has 6 nitrogen and oxygen atoms in total. The molecule has 0 radical (unpaired) electrons. The molecule has 1 unspecified atom stereocenters.